The third-order valence-electron chi connectivity index (χ3n) is 7.70. The number of carbonyl (C=O) groups is 1. The molecule has 33 heavy (non-hydrogen) atoms. The monoisotopic (exact) mass is 485 g/mol. The molecule has 0 spiro atoms. The molecule has 1 aliphatic heterocycles. The quantitative estimate of drug-likeness (QED) is 0.524. The van der Waals surface area contributed by atoms with E-state index in [0.717, 1.165) is 0 Å². The topological polar surface area (TPSA) is 63.7 Å². The first kappa shape index (κ1) is 24.1. The number of ether oxygens (including phenoxy) is 1. The van der Waals surface area contributed by atoms with Gasteiger partial charge in [-0.25, -0.2) is 21.6 Å². The standard InChI is InChI=1S/C24H30F3NO4S/c1-2-18(13-25)14-32-19-3-5-20(6-4-19)33(30,31)17-22-7-10-23(11-8-22,12-9-22)21(29)28-15-24(26,27)16-28/h3-6,13H,2,7-12,14-17H2,1H3/b18-13+. The highest BCUT2D eigenvalue weighted by Crippen LogP contribution is 2.58. The number of alkyl halides is 2. The van der Waals surface area contributed by atoms with Gasteiger partial charge in [0.15, 0.2) is 9.84 Å². The van der Waals surface area contributed by atoms with Gasteiger partial charge in [-0.1, -0.05) is 6.92 Å². The van der Waals surface area contributed by atoms with Crippen molar-refractivity contribution in [2.45, 2.75) is 62.7 Å². The highest BCUT2D eigenvalue weighted by Gasteiger charge is 2.57. The fraction of sp³-hybridized carbons (Fsp3) is 0.625. The molecule has 1 aromatic rings. The van der Waals surface area contributed by atoms with Gasteiger partial charge in [-0.05, 0) is 80.2 Å². The number of fused-ring (bicyclic) bond motifs is 3. The van der Waals surface area contributed by atoms with E-state index in [-0.39, 0.29) is 28.6 Å². The van der Waals surface area contributed by atoms with Gasteiger partial charge in [0, 0.05) is 5.41 Å². The molecular weight excluding hydrogens is 455 g/mol. The molecule has 3 aliphatic carbocycles. The number of benzene rings is 1. The van der Waals surface area contributed by atoms with Gasteiger partial charge in [0.25, 0.3) is 5.92 Å². The summed E-state index contributed by atoms with van der Waals surface area (Å²) in [5, 5.41) is 0. The largest absolute Gasteiger partial charge is 0.489 e. The Balaban J connectivity index is 1.37. The smallest absolute Gasteiger partial charge is 0.282 e. The molecule has 3 saturated carbocycles. The Morgan fingerprint density at radius 1 is 1.06 bits per heavy atom. The van der Waals surface area contributed by atoms with Gasteiger partial charge in [0.2, 0.25) is 5.91 Å². The van der Waals surface area contributed by atoms with Crippen LogP contribution in [-0.2, 0) is 14.6 Å². The number of hydrogen-bond acceptors (Lipinski definition) is 4. The molecule has 9 heteroatoms. The van der Waals surface area contributed by atoms with Crippen LogP contribution in [-0.4, -0.2) is 50.6 Å². The van der Waals surface area contributed by atoms with Crippen molar-refractivity contribution < 1.29 is 31.1 Å². The van der Waals surface area contributed by atoms with Crippen LogP contribution in [0.3, 0.4) is 0 Å². The summed E-state index contributed by atoms with van der Waals surface area (Å²) in [6.07, 6.45) is 4.54. The molecule has 1 amide bonds. The minimum atomic E-state index is -3.55. The minimum absolute atomic E-state index is 0.0107. The number of hydrogen-bond donors (Lipinski definition) is 0. The number of halogens is 3. The van der Waals surface area contributed by atoms with Crippen LogP contribution < -0.4 is 4.74 Å². The third kappa shape index (κ3) is 4.79. The maximum absolute atomic E-state index is 13.2. The summed E-state index contributed by atoms with van der Waals surface area (Å²) in [4.78, 5) is 14.3. The summed E-state index contributed by atoms with van der Waals surface area (Å²) >= 11 is 0. The van der Waals surface area contributed by atoms with E-state index in [0.29, 0.717) is 62.6 Å². The van der Waals surface area contributed by atoms with Crippen molar-refractivity contribution in [1.29, 1.82) is 0 Å². The first-order valence-electron chi connectivity index (χ1n) is 11.4. The molecule has 4 fully saturated rings. The average Bonchev–Trinajstić information content (AvgIpc) is 2.78. The molecule has 0 unspecified atom stereocenters. The Labute approximate surface area is 192 Å². The van der Waals surface area contributed by atoms with Crippen molar-refractivity contribution in [1.82, 2.24) is 4.90 Å². The van der Waals surface area contributed by atoms with Crippen LogP contribution in [0.25, 0.3) is 0 Å². The summed E-state index contributed by atoms with van der Waals surface area (Å²) < 4.78 is 70.9. The zero-order valence-electron chi connectivity index (χ0n) is 18.8. The maximum atomic E-state index is 13.2. The molecule has 182 valence electrons. The lowest BCUT2D eigenvalue weighted by Gasteiger charge is -2.55. The van der Waals surface area contributed by atoms with Crippen LogP contribution in [0.2, 0.25) is 0 Å². The van der Waals surface area contributed by atoms with Crippen LogP contribution in [0.15, 0.2) is 41.1 Å². The Kier molecular flexibility index (Phi) is 6.31. The van der Waals surface area contributed by atoms with Crippen molar-refractivity contribution in [3.05, 3.63) is 36.2 Å². The molecule has 0 aromatic heterocycles. The van der Waals surface area contributed by atoms with Crippen molar-refractivity contribution in [3.8, 4) is 5.75 Å². The predicted octanol–water partition coefficient (Wildman–Crippen LogP) is 4.92. The zero-order valence-corrected chi connectivity index (χ0v) is 19.6. The van der Waals surface area contributed by atoms with Crippen molar-refractivity contribution in [2.24, 2.45) is 10.8 Å². The van der Waals surface area contributed by atoms with Gasteiger partial charge in [-0.3, -0.25) is 4.79 Å². The molecule has 1 aromatic carbocycles. The van der Waals surface area contributed by atoms with E-state index in [1.165, 1.54) is 17.0 Å². The summed E-state index contributed by atoms with van der Waals surface area (Å²) in [6, 6.07) is 6.17. The average molecular weight is 486 g/mol. The molecule has 0 N–H and O–H groups in total. The molecule has 5 rings (SSSR count). The second kappa shape index (κ2) is 8.64. The summed E-state index contributed by atoms with van der Waals surface area (Å²) in [6.45, 7) is 0.925. The molecule has 0 atom stereocenters. The number of likely N-dealkylation sites (tertiary alicyclic amines) is 1. The molecular formula is C24H30F3NO4S. The van der Waals surface area contributed by atoms with Crippen molar-refractivity contribution in [3.63, 3.8) is 0 Å². The predicted molar refractivity (Wildman–Crippen MR) is 118 cm³/mol. The molecule has 4 aliphatic rings. The van der Waals surface area contributed by atoms with Crippen LogP contribution in [0.5, 0.6) is 5.75 Å². The van der Waals surface area contributed by atoms with Gasteiger partial charge in [0.1, 0.15) is 12.4 Å². The second-order valence-corrected chi connectivity index (χ2v) is 11.9. The second-order valence-electron chi connectivity index (χ2n) is 9.94. The van der Waals surface area contributed by atoms with E-state index in [1.54, 1.807) is 12.1 Å². The molecule has 0 radical (unpaired) electrons. The highest BCUT2D eigenvalue weighted by atomic mass is 32.2. The SMILES string of the molecule is CC/C(=C\F)COc1ccc(S(=O)(=O)CC23CCC(C(=O)N4CC(F)(F)C4)(CC2)CC3)cc1. The van der Waals surface area contributed by atoms with Gasteiger partial charge in [0.05, 0.1) is 30.1 Å². The highest BCUT2D eigenvalue weighted by molar-refractivity contribution is 7.91. The molecule has 5 nitrogen and oxygen atoms in total. The number of nitrogens with zero attached hydrogens (tertiary/aromatic N) is 1. The summed E-state index contributed by atoms with van der Waals surface area (Å²) in [7, 11) is -3.55. The first-order chi connectivity index (χ1) is 15.5. The van der Waals surface area contributed by atoms with Gasteiger partial charge in [-0.15, -0.1) is 0 Å². The molecule has 1 saturated heterocycles. The Morgan fingerprint density at radius 2 is 1.64 bits per heavy atom. The van der Waals surface area contributed by atoms with Gasteiger partial charge >= 0.3 is 0 Å². The number of carbonyl (C=O) groups excluding carboxylic acids is 1. The van der Waals surface area contributed by atoms with E-state index < -0.39 is 34.3 Å². The summed E-state index contributed by atoms with van der Waals surface area (Å²) in [5.74, 6) is -2.49. The third-order valence-corrected chi connectivity index (χ3v) is 9.68. The zero-order chi connectivity index (χ0) is 23.9. The van der Waals surface area contributed by atoms with Crippen LogP contribution in [0, 0.1) is 10.8 Å². The van der Waals surface area contributed by atoms with E-state index in [9.17, 15) is 26.4 Å². The van der Waals surface area contributed by atoms with Gasteiger partial charge < -0.3 is 9.64 Å². The lowest BCUT2D eigenvalue weighted by molar-refractivity contribution is -0.182. The maximum Gasteiger partial charge on any atom is 0.282 e. The number of rotatable bonds is 8. The van der Waals surface area contributed by atoms with Crippen LogP contribution in [0.1, 0.15) is 51.9 Å². The van der Waals surface area contributed by atoms with E-state index in [1.807, 2.05) is 6.92 Å². The van der Waals surface area contributed by atoms with Crippen LogP contribution >= 0.6 is 0 Å². The lowest BCUT2D eigenvalue weighted by atomic mass is 9.54. The molecule has 2 bridgehead atoms. The normalized spacial score (nSPS) is 29.0. The minimum Gasteiger partial charge on any atom is -0.489 e. The Bertz CT molecular complexity index is 1000. The van der Waals surface area contributed by atoms with Crippen molar-refractivity contribution >= 4 is 15.7 Å². The van der Waals surface area contributed by atoms with Crippen LogP contribution in [0.4, 0.5) is 13.2 Å². The van der Waals surface area contributed by atoms with E-state index in [4.69, 9.17) is 4.74 Å². The first-order valence-corrected chi connectivity index (χ1v) is 13.1. The fourth-order valence-corrected chi connectivity index (χ4v) is 7.36. The fourth-order valence-electron chi connectivity index (χ4n) is 5.41. The number of sulfone groups is 1. The van der Waals surface area contributed by atoms with E-state index in [2.05, 4.69) is 0 Å². The van der Waals surface area contributed by atoms with E-state index >= 15 is 0 Å². The lowest BCUT2D eigenvalue weighted by Crippen LogP contribution is -2.63. The van der Waals surface area contributed by atoms with Gasteiger partial charge in [-0.2, -0.15) is 0 Å². The Hall–Kier alpha value is -2.03. The number of amides is 1. The molecule has 1 heterocycles. The summed E-state index contributed by atoms with van der Waals surface area (Å²) in [5.41, 5.74) is -0.471. The Morgan fingerprint density at radius 3 is 2.12 bits per heavy atom. The van der Waals surface area contributed by atoms with Crippen molar-refractivity contribution in [2.75, 3.05) is 25.4 Å².